The zero-order chi connectivity index (χ0) is 12.1. The standard InChI is InChI=1S/C14H20N2S/c1-11(17-2)5-7-15-10-12-3-4-13-6-8-16-14(13)9-12/h3-4,6,8-9,11,15-16H,5,7,10H2,1-2H3. The summed E-state index contributed by atoms with van der Waals surface area (Å²) in [7, 11) is 0. The fourth-order valence-electron chi connectivity index (χ4n) is 1.86. The van der Waals surface area contributed by atoms with Crippen molar-refractivity contribution in [3.8, 4) is 0 Å². The van der Waals surface area contributed by atoms with Crippen molar-refractivity contribution in [2.45, 2.75) is 25.1 Å². The Kier molecular flexibility index (Phi) is 4.51. The minimum Gasteiger partial charge on any atom is -0.361 e. The van der Waals surface area contributed by atoms with E-state index in [4.69, 9.17) is 0 Å². The van der Waals surface area contributed by atoms with Gasteiger partial charge in [0.1, 0.15) is 0 Å². The second-order valence-corrected chi connectivity index (χ2v) is 5.69. The highest BCUT2D eigenvalue weighted by Gasteiger charge is 1.99. The summed E-state index contributed by atoms with van der Waals surface area (Å²) in [5, 5.41) is 5.52. The molecule has 1 heterocycles. The molecule has 0 fully saturated rings. The van der Waals surface area contributed by atoms with Gasteiger partial charge in [-0.25, -0.2) is 0 Å². The van der Waals surface area contributed by atoms with Crippen LogP contribution in [0.5, 0.6) is 0 Å². The third-order valence-electron chi connectivity index (χ3n) is 3.08. The van der Waals surface area contributed by atoms with E-state index in [0.29, 0.717) is 0 Å². The van der Waals surface area contributed by atoms with Crippen molar-refractivity contribution in [1.29, 1.82) is 0 Å². The van der Waals surface area contributed by atoms with Crippen LogP contribution in [-0.4, -0.2) is 23.0 Å². The molecule has 2 N–H and O–H groups in total. The van der Waals surface area contributed by atoms with Gasteiger partial charge in [0.15, 0.2) is 0 Å². The molecule has 0 spiro atoms. The summed E-state index contributed by atoms with van der Waals surface area (Å²) in [6, 6.07) is 8.70. The predicted molar refractivity (Wildman–Crippen MR) is 77.6 cm³/mol. The molecule has 0 aliphatic rings. The molecule has 1 atom stereocenters. The Balaban J connectivity index is 1.82. The molecule has 0 saturated carbocycles. The first-order valence-electron chi connectivity index (χ1n) is 6.09. The molecule has 92 valence electrons. The van der Waals surface area contributed by atoms with Crippen molar-refractivity contribution in [2.75, 3.05) is 12.8 Å². The molecule has 0 amide bonds. The fourth-order valence-corrected chi connectivity index (χ4v) is 2.21. The first-order chi connectivity index (χ1) is 8.29. The highest BCUT2D eigenvalue weighted by molar-refractivity contribution is 7.99. The lowest BCUT2D eigenvalue weighted by atomic mass is 10.1. The van der Waals surface area contributed by atoms with Crippen molar-refractivity contribution in [2.24, 2.45) is 0 Å². The molecular formula is C14H20N2S. The van der Waals surface area contributed by atoms with E-state index in [1.807, 2.05) is 18.0 Å². The van der Waals surface area contributed by atoms with Crippen LogP contribution in [0.4, 0.5) is 0 Å². The van der Waals surface area contributed by atoms with Crippen LogP contribution >= 0.6 is 11.8 Å². The molecule has 1 aromatic carbocycles. The zero-order valence-electron chi connectivity index (χ0n) is 10.5. The second-order valence-electron chi connectivity index (χ2n) is 4.41. The van der Waals surface area contributed by atoms with E-state index in [1.165, 1.54) is 22.9 Å². The van der Waals surface area contributed by atoms with Gasteiger partial charge in [0.25, 0.3) is 0 Å². The fraction of sp³-hybridized carbons (Fsp3) is 0.429. The Bertz CT molecular complexity index is 464. The third kappa shape index (κ3) is 3.51. The lowest BCUT2D eigenvalue weighted by Crippen LogP contribution is -2.17. The Hall–Kier alpha value is -0.930. The van der Waals surface area contributed by atoms with E-state index in [9.17, 15) is 0 Å². The summed E-state index contributed by atoms with van der Waals surface area (Å²) in [4.78, 5) is 3.25. The summed E-state index contributed by atoms with van der Waals surface area (Å²) in [6.07, 6.45) is 5.39. The lowest BCUT2D eigenvalue weighted by molar-refractivity contribution is 0.648. The van der Waals surface area contributed by atoms with E-state index in [0.717, 1.165) is 18.3 Å². The third-order valence-corrected chi connectivity index (χ3v) is 4.12. The minimum atomic E-state index is 0.744. The molecule has 17 heavy (non-hydrogen) atoms. The van der Waals surface area contributed by atoms with Gasteiger partial charge in [-0.05, 0) is 42.3 Å². The Morgan fingerprint density at radius 2 is 2.24 bits per heavy atom. The van der Waals surface area contributed by atoms with Crippen molar-refractivity contribution in [3.05, 3.63) is 36.0 Å². The number of H-pyrrole nitrogens is 1. The van der Waals surface area contributed by atoms with E-state index < -0.39 is 0 Å². The molecule has 1 aromatic heterocycles. The molecule has 1 unspecified atom stereocenters. The summed E-state index contributed by atoms with van der Waals surface area (Å²) in [5.41, 5.74) is 2.57. The maximum absolute atomic E-state index is 3.50. The van der Waals surface area contributed by atoms with Crippen LogP contribution in [-0.2, 0) is 6.54 Å². The quantitative estimate of drug-likeness (QED) is 0.767. The number of hydrogen-bond acceptors (Lipinski definition) is 2. The average molecular weight is 248 g/mol. The summed E-state index contributed by atoms with van der Waals surface area (Å²) in [5.74, 6) is 0. The van der Waals surface area contributed by atoms with Crippen LogP contribution in [0, 0.1) is 0 Å². The molecule has 2 aromatic rings. The van der Waals surface area contributed by atoms with Gasteiger partial charge in [-0.3, -0.25) is 0 Å². The Labute approximate surface area is 107 Å². The smallest absolute Gasteiger partial charge is 0.0457 e. The first kappa shape index (κ1) is 12.5. The van der Waals surface area contributed by atoms with Gasteiger partial charge in [0, 0.05) is 23.5 Å². The van der Waals surface area contributed by atoms with Crippen molar-refractivity contribution >= 4 is 22.7 Å². The number of hydrogen-bond donors (Lipinski definition) is 2. The zero-order valence-corrected chi connectivity index (χ0v) is 11.3. The molecule has 0 radical (unpaired) electrons. The van der Waals surface area contributed by atoms with Gasteiger partial charge in [0.05, 0.1) is 0 Å². The maximum Gasteiger partial charge on any atom is 0.0457 e. The normalized spacial score (nSPS) is 13.1. The number of thioether (sulfide) groups is 1. The topological polar surface area (TPSA) is 27.8 Å². The van der Waals surface area contributed by atoms with Crippen molar-refractivity contribution < 1.29 is 0 Å². The number of benzene rings is 1. The molecule has 3 heteroatoms. The molecule has 0 aliphatic carbocycles. The largest absolute Gasteiger partial charge is 0.361 e. The van der Waals surface area contributed by atoms with Crippen LogP contribution in [0.25, 0.3) is 10.9 Å². The number of aromatic nitrogens is 1. The number of fused-ring (bicyclic) bond motifs is 1. The van der Waals surface area contributed by atoms with Gasteiger partial charge in [-0.15, -0.1) is 0 Å². The number of nitrogens with one attached hydrogen (secondary N) is 2. The van der Waals surface area contributed by atoms with Crippen LogP contribution in [0.3, 0.4) is 0 Å². The Morgan fingerprint density at radius 3 is 3.06 bits per heavy atom. The number of rotatable bonds is 6. The molecule has 0 bridgehead atoms. The van der Waals surface area contributed by atoms with Crippen LogP contribution in [0.15, 0.2) is 30.5 Å². The van der Waals surface area contributed by atoms with E-state index >= 15 is 0 Å². The minimum absolute atomic E-state index is 0.744. The average Bonchev–Trinajstić information content (AvgIpc) is 2.81. The van der Waals surface area contributed by atoms with E-state index in [-0.39, 0.29) is 0 Å². The lowest BCUT2D eigenvalue weighted by Gasteiger charge is -2.09. The monoisotopic (exact) mass is 248 g/mol. The molecule has 0 saturated heterocycles. The Morgan fingerprint density at radius 1 is 1.35 bits per heavy atom. The molecule has 2 nitrogen and oxygen atoms in total. The van der Waals surface area contributed by atoms with Crippen LogP contribution in [0.2, 0.25) is 0 Å². The van der Waals surface area contributed by atoms with Crippen molar-refractivity contribution in [1.82, 2.24) is 10.3 Å². The van der Waals surface area contributed by atoms with Crippen molar-refractivity contribution in [3.63, 3.8) is 0 Å². The summed E-state index contributed by atoms with van der Waals surface area (Å²) in [6.45, 7) is 4.32. The maximum atomic E-state index is 3.50. The first-order valence-corrected chi connectivity index (χ1v) is 7.38. The highest BCUT2D eigenvalue weighted by Crippen LogP contribution is 2.14. The van der Waals surface area contributed by atoms with Gasteiger partial charge in [-0.1, -0.05) is 19.1 Å². The molecule has 2 rings (SSSR count). The predicted octanol–water partition coefficient (Wildman–Crippen LogP) is 3.40. The van der Waals surface area contributed by atoms with Gasteiger partial charge in [-0.2, -0.15) is 11.8 Å². The second kappa shape index (κ2) is 6.12. The SMILES string of the molecule is CSC(C)CCNCc1ccc2cc[nH]c2c1. The molecular weight excluding hydrogens is 228 g/mol. The van der Waals surface area contributed by atoms with Gasteiger partial charge in [0.2, 0.25) is 0 Å². The highest BCUT2D eigenvalue weighted by atomic mass is 32.2. The number of aromatic amines is 1. The van der Waals surface area contributed by atoms with E-state index in [2.05, 4.69) is 47.7 Å². The molecule has 0 aliphatic heterocycles. The van der Waals surface area contributed by atoms with Crippen LogP contribution in [0.1, 0.15) is 18.9 Å². The summed E-state index contributed by atoms with van der Waals surface area (Å²) >= 11 is 1.93. The summed E-state index contributed by atoms with van der Waals surface area (Å²) < 4.78 is 0. The van der Waals surface area contributed by atoms with Gasteiger partial charge < -0.3 is 10.3 Å². The van der Waals surface area contributed by atoms with Gasteiger partial charge >= 0.3 is 0 Å². The van der Waals surface area contributed by atoms with E-state index in [1.54, 1.807) is 0 Å². The van der Waals surface area contributed by atoms with Crippen LogP contribution < -0.4 is 5.32 Å².